The van der Waals surface area contributed by atoms with Crippen LogP contribution in [-0.4, -0.2) is 67.4 Å². The molecule has 1 saturated heterocycles. The number of anilines is 1. The summed E-state index contributed by atoms with van der Waals surface area (Å²) in [5.41, 5.74) is 1.60. The zero-order valence-electron chi connectivity index (χ0n) is 14.0. The lowest BCUT2D eigenvalue weighted by Gasteiger charge is -2.31. The third-order valence-electron chi connectivity index (χ3n) is 4.20. The third-order valence-corrected chi connectivity index (χ3v) is 4.20. The molecular weight excluding hydrogens is 310 g/mol. The van der Waals surface area contributed by atoms with Gasteiger partial charge in [0.1, 0.15) is 6.04 Å². The summed E-state index contributed by atoms with van der Waals surface area (Å²) in [5, 5.41) is 21.4. The van der Waals surface area contributed by atoms with Crippen LogP contribution in [0.5, 0.6) is 0 Å². The van der Waals surface area contributed by atoms with Gasteiger partial charge in [0.2, 0.25) is 0 Å². The van der Waals surface area contributed by atoms with Crippen LogP contribution in [0.15, 0.2) is 18.6 Å². The number of nitrogens with zero attached hydrogens (tertiary/aromatic N) is 7. The van der Waals surface area contributed by atoms with E-state index in [1.807, 2.05) is 31.4 Å². The average molecular weight is 333 g/mol. The number of likely N-dealkylation sites (N-methyl/N-ethyl adjacent to an activating group) is 1. The van der Waals surface area contributed by atoms with E-state index in [0.717, 1.165) is 24.2 Å². The molecule has 3 rings (SSSR count). The van der Waals surface area contributed by atoms with Gasteiger partial charge in [-0.1, -0.05) is 5.21 Å². The highest BCUT2D eigenvalue weighted by atomic mass is 16.3. The summed E-state index contributed by atoms with van der Waals surface area (Å²) in [4.78, 5) is 16.5. The molecule has 130 valence electrons. The summed E-state index contributed by atoms with van der Waals surface area (Å²) in [6.07, 6.45) is 7.03. The van der Waals surface area contributed by atoms with Gasteiger partial charge in [0, 0.05) is 32.9 Å². The van der Waals surface area contributed by atoms with Gasteiger partial charge >= 0.3 is 0 Å². The lowest BCUT2D eigenvalue weighted by Crippen LogP contribution is -2.42. The summed E-state index contributed by atoms with van der Waals surface area (Å²) in [6.45, 7) is 1.96. The molecule has 9 nitrogen and oxygen atoms in total. The second kappa shape index (κ2) is 7.10. The van der Waals surface area contributed by atoms with Crippen molar-refractivity contribution in [3.8, 4) is 0 Å². The van der Waals surface area contributed by atoms with E-state index < -0.39 is 0 Å². The van der Waals surface area contributed by atoms with Crippen LogP contribution in [0.2, 0.25) is 0 Å². The molecule has 2 aromatic heterocycles. The van der Waals surface area contributed by atoms with Crippen molar-refractivity contribution in [3.63, 3.8) is 0 Å². The largest absolute Gasteiger partial charge is 0.395 e. The molecule has 0 bridgehead atoms. The highest BCUT2D eigenvalue weighted by Gasteiger charge is 2.32. The van der Waals surface area contributed by atoms with Crippen LogP contribution in [0.3, 0.4) is 0 Å². The topological polar surface area (TPSA) is 92.3 Å². The van der Waals surface area contributed by atoms with Crippen molar-refractivity contribution < 1.29 is 9.90 Å². The lowest BCUT2D eigenvalue weighted by atomic mass is 10.0. The molecule has 0 aromatic carbocycles. The standard InChI is InChI=1S/C15H23N7O2/c1-19(6-7-23)9-12-10-22(18-17-12)14-4-3-5-21(15(14)24)13-8-16-20(2)11-13/h8,10-11,14,23H,3-7,9H2,1-2H3. The van der Waals surface area contributed by atoms with Crippen LogP contribution in [0.25, 0.3) is 0 Å². The van der Waals surface area contributed by atoms with Crippen molar-refractivity contribution in [3.05, 3.63) is 24.3 Å². The molecule has 0 aliphatic carbocycles. The fourth-order valence-corrected chi connectivity index (χ4v) is 2.97. The number of rotatable bonds is 6. The van der Waals surface area contributed by atoms with Crippen molar-refractivity contribution in [2.75, 3.05) is 31.6 Å². The number of aliphatic hydroxyl groups is 1. The summed E-state index contributed by atoms with van der Waals surface area (Å²) in [6, 6.07) is -0.330. The minimum Gasteiger partial charge on any atom is -0.395 e. The SMILES string of the molecule is CN(CCO)Cc1cn(C2CCCN(c3cnn(C)c3)C2=O)nn1. The van der Waals surface area contributed by atoms with Crippen LogP contribution in [0.1, 0.15) is 24.6 Å². The van der Waals surface area contributed by atoms with E-state index in [1.165, 1.54) is 0 Å². The van der Waals surface area contributed by atoms with E-state index in [2.05, 4.69) is 15.4 Å². The molecule has 1 aliphatic rings. The van der Waals surface area contributed by atoms with Crippen LogP contribution in [0.4, 0.5) is 5.69 Å². The molecule has 1 aliphatic heterocycles. The fourth-order valence-electron chi connectivity index (χ4n) is 2.97. The number of aryl methyl sites for hydroxylation is 1. The summed E-state index contributed by atoms with van der Waals surface area (Å²) >= 11 is 0. The lowest BCUT2D eigenvalue weighted by molar-refractivity contribution is -0.123. The Bertz CT molecular complexity index is 696. The molecule has 9 heteroatoms. The summed E-state index contributed by atoms with van der Waals surface area (Å²) in [5.74, 6) is 0.0226. The second-order valence-electron chi connectivity index (χ2n) is 6.17. The number of carbonyl (C=O) groups is 1. The van der Waals surface area contributed by atoms with Crippen molar-refractivity contribution in [1.29, 1.82) is 0 Å². The van der Waals surface area contributed by atoms with E-state index in [-0.39, 0.29) is 18.6 Å². The Hall–Kier alpha value is -2.26. The zero-order chi connectivity index (χ0) is 17.1. The first-order valence-corrected chi connectivity index (χ1v) is 8.08. The molecule has 0 spiro atoms. The fraction of sp³-hybridized carbons (Fsp3) is 0.600. The molecule has 24 heavy (non-hydrogen) atoms. The summed E-state index contributed by atoms with van der Waals surface area (Å²) < 4.78 is 3.35. The van der Waals surface area contributed by atoms with Gasteiger partial charge in [-0.15, -0.1) is 5.10 Å². The van der Waals surface area contributed by atoms with Gasteiger partial charge in [0.05, 0.1) is 30.4 Å². The van der Waals surface area contributed by atoms with Gasteiger partial charge in [-0.2, -0.15) is 5.10 Å². The number of hydrogen-bond donors (Lipinski definition) is 1. The minimum absolute atomic E-state index is 0.0226. The first-order chi connectivity index (χ1) is 11.6. The van der Waals surface area contributed by atoms with Crippen molar-refractivity contribution >= 4 is 11.6 Å². The van der Waals surface area contributed by atoms with E-state index in [9.17, 15) is 4.79 Å². The average Bonchev–Trinajstić information content (AvgIpc) is 3.17. The van der Waals surface area contributed by atoms with Gasteiger partial charge in [-0.05, 0) is 19.9 Å². The molecule has 1 fully saturated rings. The molecule has 1 amide bonds. The van der Waals surface area contributed by atoms with E-state index in [1.54, 1.807) is 20.5 Å². The van der Waals surface area contributed by atoms with Crippen LogP contribution in [0, 0.1) is 0 Å². The Morgan fingerprint density at radius 3 is 2.96 bits per heavy atom. The Labute approximate surface area is 140 Å². The number of piperidine rings is 1. The molecule has 0 saturated carbocycles. The van der Waals surface area contributed by atoms with Gasteiger partial charge < -0.3 is 10.0 Å². The maximum atomic E-state index is 12.8. The van der Waals surface area contributed by atoms with E-state index in [4.69, 9.17) is 5.11 Å². The first-order valence-electron chi connectivity index (χ1n) is 8.08. The molecule has 0 radical (unpaired) electrons. The first kappa shape index (κ1) is 16.6. The van der Waals surface area contributed by atoms with Crippen molar-refractivity contribution in [1.82, 2.24) is 29.7 Å². The van der Waals surface area contributed by atoms with Crippen LogP contribution < -0.4 is 4.90 Å². The quantitative estimate of drug-likeness (QED) is 0.787. The molecule has 3 heterocycles. The van der Waals surface area contributed by atoms with E-state index >= 15 is 0 Å². The van der Waals surface area contributed by atoms with Gasteiger partial charge in [-0.3, -0.25) is 14.4 Å². The highest BCUT2D eigenvalue weighted by Crippen LogP contribution is 2.26. The maximum absolute atomic E-state index is 12.8. The molecule has 1 N–H and O–H groups in total. The highest BCUT2D eigenvalue weighted by molar-refractivity contribution is 5.96. The number of hydrogen-bond acceptors (Lipinski definition) is 6. The second-order valence-corrected chi connectivity index (χ2v) is 6.17. The third kappa shape index (κ3) is 3.46. The van der Waals surface area contributed by atoms with Gasteiger partial charge in [0.25, 0.3) is 5.91 Å². The summed E-state index contributed by atoms with van der Waals surface area (Å²) in [7, 11) is 3.74. The zero-order valence-corrected chi connectivity index (χ0v) is 14.0. The van der Waals surface area contributed by atoms with E-state index in [0.29, 0.717) is 19.6 Å². The Kier molecular flexibility index (Phi) is 4.91. The van der Waals surface area contributed by atoms with Crippen molar-refractivity contribution in [2.45, 2.75) is 25.4 Å². The monoisotopic (exact) mass is 333 g/mol. The molecular formula is C15H23N7O2. The molecule has 1 unspecified atom stereocenters. The predicted molar refractivity (Wildman–Crippen MR) is 87.3 cm³/mol. The number of aromatic nitrogens is 5. The number of aliphatic hydroxyl groups excluding tert-OH is 1. The van der Waals surface area contributed by atoms with Gasteiger partial charge in [-0.25, -0.2) is 4.68 Å². The van der Waals surface area contributed by atoms with Crippen molar-refractivity contribution in [2.24, 2.45) is 7.05 Å². The van der Waals surface area contributed by atoms with Gasteiger partial charge in [0.15, 0.2) is 0 Å². The molecule has 1 atom stereocenters. The number of carbonyl (C=O) groups excluding carboxylic acids is 1. The molecule has 2 aromatic rings. The minimum atomic E-state index is -0.330. The van der Waals surface area contributed by atoms with Crippen LogP contribution >= 0.6 is 0 Å². The normalized spacial score (nSPS) is 18.6. The predicted octanol–water partition coefficient (Wildman–Crippen LogP) is -0.196. The Morgan fingerprint density at radius 1 is 1.42 bits per heavy atom. The Balaban J connectivity index is 1.72. The maximum Gasteiger partial charge on any atom is 0.251 e. The number of amides is 1. The van der Waals surface area contributed by atoms with Crippen LogP contribution in [-0.2, 0) is 18.4 Å². The Morgan fingerprint density at radius 2 is 2.25 bits per heavy atom. The smallest absolute Gasteiger partial charge is 0.251 e.